The topological polar surface area (TPSA) is 80.0 Å². The maximum absolute atomic E-state index is 12.7. The molecule has 1 amide bonds. The van der Waals surface area contributed by atoms with E-state index in [-0.39, 0.29) is 24.1 Å². The number of likely N-dealkylation sites (tertiary alicyclic amines) is 1. The molecular formula is C24H29NO5. The number of aliphatic hydroxyl groups is 1. The van der Waals surface area contributed by atoms with Crippen LogP contribution >= 0.6 is 0 Å². The smallest absolute Gasteiger partial charge is 0.339 e. The fraction of sp³-hybridized carbons (Fsp3) is 0.583. The number of nitrogens with zero attached hydrogens (tertiary/aromatic N) is 1. The number of hydrogen-bond donors (Lipinski definition) is 1. The molecule has 1 N–H and O–H groups in total. The lowest BCUT2D eigenvalue weighted by molar-refractivity contribution is -0.145. The first-order chi connectivity index (χ1) is 14.5. The van der Waals surface area contributed by atoms with Crippen molar-refractivity contribution in [2.45, 2.75) is 63.4 Å². The van der Waals surface area contributed by atoms with E-state index in [0.29, 0.717) is 30.8 Å². The molecule has 2 atom stereocenters. The summed E-state index contributed by atoms with van der Waals surface area (Å²) in [7, 11) is 0. The van der Waals surface area contributed by atoms with Crippen molar-refractivity contribution >= 4 is 16.9 Å². The van der Waals surface area contributed by atoms with Crippen molar-refractivity contribution in [2.75, 3.05) is 19.7 Å². The Kier molecular flexibility index (Phi) is 5.05. The van der Waals surface area contributed by atoms with Crippen LogP contribution in [0.3, 0.4) is 0 Å². The van der Waals surface area contributed by atoms with Crippen molar-refractivity contribution in [3.8, 4) is 5.75 Å². The molecule has 2 unspecified atom stereocenters. The zero-order valence-corrected chi connectivity index (χ0v) is 17.3. The van der Waals surface area contributed by atoms with Gasteiger partial charge in [0.25, 0.3) is 5.91 Å². The van der Waals surface area contributed by atoms with Gasteiger partial charge in [-0.25, -0.2) is 4.79 Å². The van der Waals surface area contributed by atoms with Gasteiger partial charge in [0.2, 0.25) is 0 Å². The Bertz CT molecular complexity index is 1030. The molecule has 1 aliphatic heterocycles. The molecule has 0 spiro atoms. The summed E-state index contributed by atoms with van der Waals surface area (Å²) in [6.07, 6.45) is 8.48. The number of carbonyl (C=O) groups is 1. The van der Waals surface area contributed by atoms with Crippen molar-refractivity contribution in [3.63, 3.8) is 0 Å². The fourth-order valence-corrected chi connectivity index (χ4v) is 5.55. The quantitative estimate of drug-likeness (QED) is 0.785. The van der Waals surface area contributed by atoms with Gasteiger partial charge in [0.15, 0.2) is 6.61 Å². The molecule has 1 saturated heterocycles. The lowest BCUT2D eigenvalue weighted by Gasteiger charge is -2.47. The Morgan fingerprint density at radius 3 is 2.87 bits per heavy atom. The highest BCUT2D eigenvalue weighted by Crippen LogP contribution is 2.39. The van der Waals surface area contributed by atoms with Gasteiger partial charge in [-0.2, -0.15) is 0 Å². The molecule has 2 fully saturated rings. The Morgan fingerprint density at radius 1 is 1.17 bits per heavy atom. The van der Waals surface area contributed by atoms with Crippen LogP contribution < -0.4 is 10.4 Å². The first-order valence-corrected chi connectivity index (χ1v) is 11.2. The number of aryl methyl sites for hydroxylation is 1. The molecule has 1 saturated carbocycles. The van der Waals surface area contributed by atoms with Gasteiger partial charge in [-0.3, -0.25) is 4.79 Å². The van der Waals surface area contributed by atoms with Crippen LogP contribution in [0.5, 0.6) is 5.75 Å². The SMILES string of the molecule is O=C(COc1ccc2c3c(c(=O)oc2c1)CCCC3)N1CCC2(O)CCCCC2C1. The van der Waals surface area contributed by atoms with E-state index in [2.05, 4.69) is 0 Å². The van der Waals surface area contributed by atoms with Crippen molar-refractivity contribution in [2.24, 2.45) is 5.92 Å². The monoisotopic (exact) mass is 411 g/mol. The fourth-order valence-electron chi connectivity index (χ4n) is 5.55. The summed E-state index contributed by atoms with van der Waals surface area (Å²) in [6, 6.07) is 5.50. The molecule has 0 bridgehead atoms. The van der Waals surface area contributed by atoms with Crippen molar-refractivity contribution in [1.29, 1.82) is 0 Å². The molecule has 2 aliphatic carbocycles. The van der Waals surface area contributed by atoms with Crippen LogP contribution in [0.4, 0.5) is 0 Å². The summed E-state index contributed by atoms with van der Waals surface area (Å²) in [5.74, 6) is 0.639. The molecule has 1 aromatic carbocycles. The van der Waals surface area contributed by atoms with E-state index < -0.39 is 5.60 Å². The van der Waals surface area contributed by atoms with E-state index in [1.165, 1.54) is 0 Å². The number of rotatable bonds is 3. The van der Waals surface area contributed by atoms with Crippen LogP contribution in [0.2, 0.25) is 0 Å². The minimum atomic E-state index is -0.592. The minimum Gasteiger partial charge on any atom is -0.484 e. The van der Waals surface area contributed by atoms with Crippen LogP contribution in [0.1, 0.15) is 56.1 Å². The molecular weight excluding hydrogens is 382 g/mol. The average Bonchev–Trinajstić information content (AvgIpc) is 2.77. The van der Waals surface area contributed by atoms with Crippen molar-refractivity contribution in [3.05, 3.63) is 39.7 Å². The zero-order chi connectivity index (χ0) is 20.7. The Morgan fingerprint density at radius 2 is 2.00 bits per heavy atom. The van der Waals surface area contributed by atoms with Gasteiger partial charge in [-0.15, -0.1) is 0 Å². The first kappa shape index (κ1) is 19.6. The molecule has 6 nitrogen and oxygen atoms in total. The summed E-state index contributed by atoms with van der Waals surface area (Å²) in [5.41, 5.74) is 1.59. The normalized spacial score (nSPS) is 26.2. The van der Waals surface area contributed by atoms with Crippen molar-refractivity contribution in [1.82, 2.24) is 4.90 Å². The standard InChI is InChI=1S/C24H29NO5/c26-22(25-12-11-24(28)10-4-3-5-16(24)14-25)15-29-17-8-9-19-18-6-1-2-7-20(18)23(27)30-21(19)13-17/h8-9,13,16,28H,1-7,10-12,14-15H2. The molecule has 2 heterocycles. The first-order valence-electron chi connectivity index (χ1n) is 11.2. The molecule has 30 heavy (non-hydrogen) atoms. The van der Waals surface area contributed by atoms with E-state index in [0.717, 1.165) is 67.9 Å². The minimum absolute atomic E-state index is 0.0498. The summed E-state index contributed by atoms with van der Waals surface area (Å²) in [5, 5.41) is 11.8. The molecule has 6 heteroatoms. The molecule has 3 aliphatic rings. The third-order valence-electron chi connectivity index (χ3n) is 7.34. The third kappa shape index (κ3) is 3.51. The molecule has 1 aromatic heterocycles. The van der Waals surface area contributed by atoms with Gasteiger partial charge >= 0.3 is 5.63 Å². The number of piperidine rings is 1. The van der Waals surface area contributed by atoms with Gasteiger partial charge in [0, 0.05) is 36.0 Å². The second-order valence-electron chi connectivity index (χ2n) is 9.14. The maximum atomic E-state index is 12.7. The number of hydrogen-bond acceptors (Lipinski definition) is 5. The number of benzene rings is 1. The Hall–Kier alpha value is -2.34. The average molecular weight is 411 g/mol. The lowest BCUT2D eigenvalue weighted by Crippen LogP contribution is -2.55. The Balaban J connectivity index is 1.27. The predicted molar refractivity (Wildman–Crippen MR) is 113 cm³/mol. The number of ether oxygens (including phenoxy) is 1. The highest BCUT2D eigenvalue weighted by Gasteiger charge is 2.43. The number of carbonyl (C=O) groups excluding carboxylic acids is 1. The van der Waals surface area contributed by atoms with E-state index in [1.807, 2.05) is 17.0 Å². The summed E-state index contributed by atoms with van der Waals surface area (Å²) in [6.45, 7) is 1.14. The summed E-state index contributed by atoms with van der Waals surface area (Å²) in [4.78, 5) is 26.8. The molecule has 5 rings (SSSR count). The highest BCUT2D eigenvalue weighted by molar-refractivity contribution is 5.83. The second kappa shape index (κ2) is 7.73. The number of amides is 1. The van der Waals surface area contributed by atoms with Gasteiger partial charge in [-0.05, 0) is 62.6 Å². The third-order valence-corrected chi connectivity index (χ3v) is 7.34. The maximum Gasteiger partial charge on any atom is 0.339 e. The van der Waals surface area contributed by atoms with Gasteiger partial charge < -0.3 is 19.2 Å². The molecule has 0 radical (unpaired) electrons. The lowest BCUT2D eigenvalue weighted by atomic mass is 9.71. The van der Waals surface area contributed by atoms with Crippen LogP contribution in [-0.2, 0) is 17.6 Å². The van der Waals surface area contributed by atoms with Gasteiger partial charge in [0.1, 0.15) is 11.3 Å². The second-order valence-corrected chi connectivity index (χ2v) is 9.14. The zero-order valence-electron chi connectivity index (χ0n) is 17.3. The summed E-state index contributed by atoms with van der Waals surface area (Å²) < 4.78 is 11.3. The molecule has 2 aromatic rings. The van der Waals surface area contributed by atoms with E-state index in [4.69, 9.17) is 9.15 Å². The Labute approximate surface area is 175 Å². The number of fused-ring (bicyclic) bond motifs is 4. The van der Waals surface area contributed by atoms with E-state index in [1.54, 1.807) is 6.07 Å². The van der Waals surface area contributed by atoms with Crippen LogP contribution in [0.15, 0.2) is 27.4 Å². The van der Waals surface area contributed by atoms with E-state index in [9.17, 15) is 14.7 Å². The van der Waals surface area contributed by atoms with Crippen LogP contribution in [-0.4, -0.2) is 41.2 Å². The van der Waals surface area contributed by atoms with Crippen molar-refractivity contribution < 1.29 is 19.1 Å². The highest BCUT2D eigenvalue weighted by atomic mass is 16.5. The molecule has 160 valence electrons. The largest absolute Gasteiger partial charge is 0.484 e. The predicted octanol–water partition coefficient (Wildman–Crippen LogP) is 3.20. The summed E-state index contributed by atoms with van der Waals surface area (Å²) >= 11 is 0. The van der Waals surface area contributed by atoms with E-state index >= 15 is 0 Å². The van der Waals surface area contributed by atoms with Crippen LogP contribution in [0, 0.1) is 5.92 Å². The van der Waals surface area contributed by atoms with Crippen LogP contribution in [0.25, 0.3) is 11.0 Å². The van der Waals surface area contributed by atoms with Gasteiger partial charge in [-0.1, -0.05) is 12.8 Å². The van der Waals surface area contributed by atoms with Gasteiger partial charge in [0.05, 0.1) is 5.60 Å².